The molecule has 1 amide bonds. The van der Waals surface area contributed by atoms with Gasteiger partial charge in [-0.15, -0.1) is 0 Å². The number of hydrogen-bond acceptors (Lipinski definition) is 6. The van der Waals surface area contributed by atoms with Crippen LogP contribution in [0.5, 0.6) is 0 Å². The molecule has 0 bridgehead atoms. The number of nitrogens with zero attached hydrogens (tertiary/aromatic N) is 2. The van der Waals surface area contributed by atoms with Crippen LogP contribution in [0.2, 0.25) is 0 Å². The van der Waals surface area contributed by atoms with E-state index in [2.05, 4.69) is 15.7 Å². The van der Waals surface area contributed by atoms with Crippen molar-refractivity contribution in [2.24, 2.45) is 5.84 Å². The molecule has 0 fully saturated rings. The molecule has 2 rings (SSSR count). The highest BCUT2D eigenvalue weighted by molar-refractivity contribution is 6.05. The third-order valence-corrected chi connectivity index (χ3v) is 2.92. The first-order valence-corrected chi connectivity index (χ1v) is 6.01. The van der Waals surface area contributed by atoms with E-state index in [9.17, 15) is 14.9 Å². The highest BCUT2D eigenvalue weighted by atomic mass is 16.6. The molecular formula is C13H13N5O3. The number of aromatic nitrogens is 1. The number of amides is 1. The van der Waals surface area contributed by atoms with Gasteiger partial charge in [0.25, 0.3) is 11.6 Å². The molecule has 0 spiro atoms. The van der Waals surface area contributed by atoms with Gasteiger partial charge in [-0.3, -0.25) is 14.9 Å². The molecule has 0 unspecified atom stereocenters. The topological polar surface area (TPSA) is 123 Å². The van der Waals surface area contributed by atoms with Gasteiger partial charge in [-0.2, -0.15) is 0 Å². The molecule has 4 N–H and O–H groups in total. The second-order valence-corrected chi connectivity index (χ2v) is 4.24. The zero-order valence-corrected chi connectivity index (χ0v) is 11.2. The Morgan fingerprint density at radius 1 is 1.38 bits per heavy atom. The van der Waals surface area contributed by atoms with Crippen LogP contribution in [-0.2, 0) is 0 Å². The highest BCUT2D eigenvalue weighted by Gasteiger charge is 2.15. The van der Waals surface area contributed by atoms with Crippen LogP contribution in [-0.4, -0.2) is 15.8 Å². The number of pyridine rings is 1. The predicted octanol–water partition coefficient (Wildman–Crippen LogP) is 1.84. The number of nitro benzene ring substituents is 1. The lowest BCUT2D eigenvalue weighted by molar-refractivity contribution is -0.385. The van der Waals surface area contributed by atoms with Gasteiger partial charge in [-0.25, -0.2) is 10.8 Å². The van der Waals surface area contributed by atoms with Gasteiger partial charge >= 0.3 is 0 Å². The minimum Gasteiger partial charge on any atom is -0.321 e. The number of hydrogen-bond donors (Lipinski definition) is 3. The molecule has 21 heavy (non-hydrogen) atoms. The molecule has 0 saturated carbocycles. The Kier molecular flexibility index (Phi) is 4.10. The molecule has 8 heteroatoms. The largest absolute Gasteiger partial charge is 0.321 e. The molecule has 0 radical (unpaired) electrons. The molecule has 0 aliphatic rings. The molecule has 0 atom stereocenters. The van der Waals surface area contributed by atoms with Gasteiger partial charge in [0.05, 0.1) is 16.2 Å². The molecule has 1 aromatic heterocycles. The van der Waals surface area contributed by atoms with E-state index in [0.29, 0.717) is 22.6 Å². The van der Waals surface area contributed by atoms with Crippen LogP contribution < -0.4 is 16.6 Å². The fourth-order valence-corrected chi connectivity index (χ4v) is 1.80. The first-order valence-electron chi connectivity index (χ1n) is 6.01. The first kappa shape index (κ1) is 14.4. The molecule has 0 aliphatic heterocycles. The summed E-state index contributed by atoms with van der Waals surface area (Å²) in [6.45, 7) is 1.58. The first-order chi connectivity index (χ1) is 10.0. The molecule has 0 saturated heterocycles. The van der Waals surface area contributed by atoms with Gasteiger partial charge in [-0.05, 0) is 25.1 Å². The van der Waals surface area contributed by atoms with E-state index in [1.165, 1.54) is 30.5 Å². The van der Waals surface area contributed by atoms with Crippen LogP contribution in [0, 0.1) is 17.0 Å². The van der Waals surface area contributed by atoms with Crippen molar-refractivity contribution in [2.75, 3.05) is 10.7 Å². The minimum absolute atomic E-state index is 0.0492. The minimum atomic E-state index is -0.492. The summed E-state index contributed by atoms with van der Waals surface area (Å²) in [4.78, 5) is 26.4. The van der Waals surface area contributed by atoms with Crippen molar-refractivity contribution in [3.63, 3.8) is 0 Å². The van der Waals surface area contributed by atoms with Crippen LogP contribution in [0.25, 0.3) is 0 Å². The van der Waals surface area contributed by atoms with E-state index in [4.69, 9.17) is 5.84 Å². The van der Waals surface area contributed by atoms with Crippen molar-refractivity contribution in [1.29, 1.82) is 0 Å². The third kappa shape index (κ3) is 3.12. The van der Waals surface area contributed by atoms with Crippen LogP contribution in [0.15, 0.2) is 36.5 Å². The normalized spacial score (nSPS) is 10.0. The lowest BCUT2D eigenvalue weighted by Crippen LogP contribution is -2.15. The number of nitrogens with one attached hydrogen (secondary N) is 2. The lowest BCUT2D eigenvalue weighted by Gasteiger charge is -2.09. The lowest BCUT2D eigenvalue weighted by atomic mass is 10.1. The summed E-state index contributed by atoms with van der Waals surface area (Å²) < 4.78 is 0. The Morgan fingerprint density at radius 3 is 2.81 bits per heavy atom. The highest BCUT2D eigenvalue weighted by Crippen LogP contribution is 2.25. The van der Waals surface area contributed by atoms with Crippen molar-refractivity contribution in [1.82, 2.24) is 4.98 Å². The number of benzene rings is 1. The van der Waals surface area contributed by atoms with E-state index in [-0.39, 0.29) is 5.69 Å². The van der Waals surface area contributed by atoms with Gasteiger partial charge in [0.15, 0.2) is 0 Å². The maximum Gasteiger partial charge on any atom is 0.274 e. The smallest absolute Gasteiger partial charge is 0.274 e. The maximum atomic E-state index is 12.1. The van der Waals surface area contributed by atoms with E-state index < -0.39 is 10.8 Å². The Bertz CT molecular complexity index is 702. The Morgan fingerprint density at radius 2 is 2.14 bits per heavy atom. The quantitative estimate of drug-likeness (QED) is 0.448. The monoisotopic (exact) mass is 287 g/mol. The average Bonchev–Trinajstić information content (AvgIpc) is 2.49. The zero-order valence-electron chi connectivity index (χ0n) is 11.2. The fourth-order valence-electron chi connectivity index (χ4n) is 1.80. The summed E-state index contributed by atoms with van der Waals surface area (Å²) in [6.07, 6.45) is 1.43. The second kappa shape index (κ2) is 5.97. The van der Waals surface area contributed by atoms with Gasteiger partial charge in [-0.1, -0.05) is 6.07 Å². The van der Waals surface area contributed by atoms with Gasteiger partial charge < -0.3 is 10.7 Å². The summed E-state index contributed by atoms with van der Waals surface area (Å²) >= 11 is 0. The Balaban J connectivity index is 2.27. The predicted molar refractivity (Wildman–Crippen MR) is 77.8 cm³/mol. The third-order valence-electron chi connectivity index (χ3n) is 2.92. The SMILES string of the molecule is Cc1c(NC(=O)c2ccnc(NN)c2)cccc1[N+](=O)[O-]. The summed E-state index contributed by atoms with van der Waals surface area (Å²) in [5.74, 6) is 5.17. The fraction of sp³-hybridized carbons (Fsp3) is 0.0769. The molecule has 2 aromatic rings. The van der Waals surface area contributed by atoms with Crippen molar-refractivity contribution in [3.8, 4) is 0 Å². The molecule has 8 nitrogen and oxygen atoms in total. The van der Waals surface area contributed by atoms with Crippen LogP contribution in [0.3, 0.4) is 0 Å². The molecule has 0 aliphatic carbocycles. The summed E-state index contributed by atoms with van der Waals surface area (Å²) in [5, 5.41) is 13.5. The van der Waals surface area contributed by atoms with Crippen molar-refractivity contribution < 1.29 is 9.72 Å². The number of anilines is 2. The molecule has 1 heterocycles. The van der Waals surface area contributed by atoms with E-state index >= 15 is 0 Å². The van der Waals surface area contributed by atoms with Crippen molar-refractivity contribution in [3.05, 3.63) is 57.8 Å². The molecule has 1 aromatic carbocycles. The molecular weight excluding hydrogens is 274 g/mol. The van der Waals surface area contributed by atoms with Crippen molar-refractivity contribution >= 4 is 23.1 Å². The second-order valence-electron chi connectivity index (χ2n) is 4.24. The molecule has 108 valence electrons. The van der Waals surface area contributed by atoms with E-state index in [0.717, 1.165) is 0 Å². The summed E-state index contributed by atoms with van der Waals surface area (Å²) in [6, 6.07) is 7.49. The Labute approximate surface area is 120 Å². The maximum absolute atomic E-state index is 12.1. The average molecular weight is 287 g/mol. The van der Waals surface area contributed by atoms with Crippen LogP contribution in [0.1, 0.15) is 15.9 Å². The van der Waals surface area contributed by atoms with Gasteiger partial charge in [0.2, 0.25) is 0 Å². The van der Waals surface area contributed by atoms with Crippen LogP contribution in [0.4, 0.5) is 17.2 Å². The van der Waals surface area contributed by atoms with E-state index in [1.807, 2.05) is 0 Å². The summed E-state index contributed by atoms with van der Waals surface area (Å²) in [5.41, 5.74) is 3.40. The number of nitro groups is 1. The number of rotatable bonds is 4. The number of carbonyl (C=O) groups excluding carboxylic acids is 1. The standard InChI is InChI=1S/C13H13N5O3/c1-8-10(3-2-4-11(8)18(20)21)16-13(19)9-5-6-15-12(7-9)17-14/h2-7H,14H2,1H3,(H,15,17)(H,16,19). The van der Waals surface area contributed by atoms with Gasteiger partial charge in [0, 0.05) is 17.8 Å². The zero-order chi connectivity index (χ0) is 15.4. The van der Waals surface area contributed by atoms with Gasteiger partial charge in [0.1, 0.15) is 5.82 Å². The van der Waals surface area contributed by atoms with E-state index in [1.54, 1.807) is 13.0 Å². The number of nitrogen functional groups attached to an aromatic ring is 1. The summed E-state index contributed by atoms with van der Waals surface area (Å²) in [7, 11) is 0. The Hall–Kier alpha value is -3.00. The van der Waals surface area contributed by atoms with Crippen LogP contribution >= 0.6 is 0 Å². The number of hydrazine groups is 1. The number of nitrogens with two attached hydrogens (primary N) is 1. The number of carbonyl (C=O) groups is 1. The van der Waals surface area contributed by atoms with Crippen molar-refractivity contribution in [2.45, 2.75) is 6.92 Å².